The Morgan fingerprint density at radius 3 is 2.45 bits per heavy atom. The third kappa shape index (κ3) is 8.78. The maximum atomic E-state index is 5.47. The maximum Gasteiger partial charge on any atom is 0.191 e. The van der Waals surface area contributed by atoms with Gasteiger partial charge in [0.15, 0.2) is 5.96 Å². The van der Waals surface area contributed by atoms with Crippen molar-refractivity contribution < 1.29 is 4.74 Å². The molecule has 1 aromatic rings. The number of hydrogen-bond donors (Lipinski definition) is 2. The number of benzene rings is 1. The fraction of sp³-hybridized carbons (Fsp3) is 0.682. The van der Waals surface area contributed by atoms with Gasteiger partial charge in [-0.15, -0.1) is 24.0 Å². The molecule has 0 amide bonds. The van der Waals surface area contributed by atoms with Crippen molar-refractivity contribution >= 4 is 29.9 Å². The van der Waals surface area contributed by atoms with Gasteiger partial charge in [-0.1, -0.05) is 24.3 Å². The molecule has 2 N–H and O–H groups in total. The first kappa shape index (κ1) is 24.4. The molecule has 0 saturated carbocycles. The van der Waals surface area contributed by atoms with Gasteiger partial charge >= 0.3 is 0 Å². The molecule has 0 unspecified atom stereocenters. The van der Waals surface area contributed by atoms with Crippen molar-refractivity contribution in [2.24, 2.45) is 4.99 Å². The van der Waals surface area contributed by atoms with Crippen molar-refractivity contribution in [2.45, 2.75) is 39.3 Å². The molecule has 1 aromatic carbocycles. The molecule has 2 heterocycles. The molecule has 0 aliphatic carbocycles. The summed E-state index contributed by atoms with van der Waals surface area (Å²) in [4.78, 5) is 9.87. The van der Waals surface area contributed by atoms with Crippen LogP contribution in [0, 0.1) is 0 Å². The lowest BCUT2D eigenvalue weighted by Crippen LogP contribution is -2.38. The van der Waals surface area contributed by atoms with Gasteiger partial charge in [-0.3, -0.25) is 4.90 Å². The fourth-order valence-electron chi connectivity index (χ4n) is 3.89. The second-order valence-corrected chi connectivity index (χ2v) is 7.68. The van der Waals surface area contributed by atoms with E-state index in [1.807, 2.05) is 0 Å². The molecule has 29 heavy (non-hydrogen) atoms. The Bertz CT molecular complexity index is 601. The Labute approximate surface area is 193 Å². The number of rotatable bonds is 9. The number of nitrogens with one attached hydrogen (secondary N) is 2. The van der Waals surface area contributed by atoms with Crippen LogP contribution in [-0.2, 0) is 17.8 Å². The number of morpholine rings is 1. The van der Waals surface area contributed by atoms with Crippen LogP contribution in [-0.4, -0.2) is 74.8 Å². The third-order valence-electron chi connectivity index (χ3n) is 5.51. The zero-order valence-electron chi connectivity index (χ0n) is 17.9. The lowest BCUT2D eigenvalue weighted by atomic mass is 10.1. The molecule has 0 bridgehead atoms. The summed E-state index contributed by atoms with van der Waals surface area (Å²) in [6, 6.07) is 8.68. The number of nitrogens with zero attached hydrogens (tertiary/aromatic N) is 3. The highest BCUT2D eigenvalue weighted by Gasteiger charge is 2.13. The molecule has 0 atom stereocenters. The van der Waals surface area contributed by atoms with E-state index < -0.39 is 0 Å². The minimum absolute atomic E-state index is 0. The Kier molecular flexibility index (Phi) is 11.9. The summed E-state index contributed by atoms with van der Waals surface area (Å²) in [5.41, 5.74) is 2.68. The molecule has 6 nitrogen and oxygen atoms in total. The van der Waals surface area contributed by atoms with E-state index in [9.17, 15) is 0 Å². The first-order valence-electron chi connectivity index (χ1n) is 11.0. The number of guanidine groups is 1. The number of hydrogen-bond acceptors (Lipinski definition) is 4. The molecular formula is C22H38IN5O. The molecule has 2 aliphatic rings. The summed E-state index contributed by atoms with van der Waals surface area (Å²) in [6.45, 7) is 13.1. The van der Waals surface area contributed by atoms with E-state index in [1.54, 1.807) is 0 Å². The Balaban J connectivity index is 0.00000300. The van der Waals surface area contributed by atoms with Gasteiger partial charge in [0.2, 0.25) is 0 Å². The molecule has 0 spiro atoms. The highest BCUT2D eigenvalue weighted by molar-refractivity contribution is 14.0. The van der Waals surface area contributed by atoms with Crippen LogP contribution in [0.4, 0.5) is 0 Å². The number of ether oxygens (including phenoxy) is 1. The topological polar surface area (TPSA) is 52.1 Å². The van der Waals surface area contributed by atoms with Crippen LogP contribution in [0.2, 0.25) is 0 Å². The summed E-state index contributed by atoms with van der Waals surface area (Å²) in [6.07, 6.45) is 3.89. The van der Waals surface area contributed by atoms with Crippen LogP contribution in [0.1, 0.15) is 37.3 Å². The molecule has 7 heteroatoms. The van der Waals surface area contributed by atoms with Gasteiger partial charge in [-0.25, -0.2) is 4.99 Å². The van der Waals surface area contributed by atoms with Gasteiger partial charge in [0, 0.05) is 32.7 Å². The predicted molar refractivity (Wildman–Crippen MR) is 131 cm³/mol. The molecule has 2 aliphatic heterocycles. The van der Waals surface area contributed by atoms with Crippen molar-refractivity contribution in [3.05, 3.63) is 35.4 Å². The first-order chi connectivity index (χ1) is 13.8. The largest absolute Gasteiger partial charge is 0.379 e. The molecule has 3 rings (SSSR count). The lowest BCUT2D eigenvalue weighted by molar-refractivity contribution is 0.0341. The van der Waals surface area contributed by atoms with Crippen LogP contribution >= 0.6 is 24.0 Å². The zero-order valence-corrected chi connectivity index (χ0v) is 20.2. The number of likely N-dealkylation sites (tertiary alicyclic amines) is 1. The second-order valence-electron chi connectivity index (χ2n) is 7.68. The smallest absolute Gasteiger partial charge is 0.191 e. The zero-order chi connectivity index (χ0) is 19.4. The van der Waals surface area contributed by atoms with Gasteiger partial charge in [0.25, 0.3) is 0 Å². The standard InChI is InChI=1S/C22H37N5O.HI/c1-2-23-22(24-10-7-13-26-11-5-6-12-26)25-18-20-8-3-4-9-21(20)19-27-14-16-28-17-15-27;/h3-4,8-9H,2,5-7,10-19H2,1H3,(H2,23,24,25);1H. The Morgan fingerprint density at radius 2 is 1.72 bits per heavy atom. The van der Waals surface area contributed by atoms with Crippen LogP contribution in [0.15, 0.2) is 29.3 Å². The highest BCUT2D eigenvalue weighted by atomic mass is 127. The summed E-state index contributed by atoms with van der Waals surface area (Å²) < 4.78 is 5.47. The van der Waals surface area contributed by atoms with Crippen molar-refractivity contribution in [2.75, 3.05) is 59.0 Å². The van der Waals surface area contributed by atoms with Gasteiger partial charge in [-0.2, -0.15) is 0 Å². The maximum absolute atomic E-state index is 5.47. The van der Waals surface area contributed by atoms with Crippen LogP contribution < -0.4 is 10.6 Å². The average Bonchev–Trinajstić information content (AvgIpc) is 3.24. The van der Waals surface area contributed by atoms with Gasteiger partial charge in [0.1, 0.15) is 0 Å². The predicted octanol–water partition coefficient (Wildman–Crippen LogP) is 2.68. The Hall–Kier alpha value is -0.900. The van der Waals surface area contributed by atoms with Crippen LogP contribution in [0.5, 0.6) is 0 Å². The monoisotopic (exact) mass is 515 g/mol. The van der Waals surface area contributed by atoms with E-state index >= 15 is 0 Å². The summed E-state index contributed by atoms with van der Waals surface area (Å²) in [5, 5.41) is 6.88. The van der Waals surface area contributed by atoms with Crippen LogP contribution in [0.25, 0.3) is 0 Å². The highest BCUT2D eigenvalue weighted by Crippen LogP contribution is 2.14. The van der Waals surface area contributed by atoms with Gasteiger partial charge in [0.05, 0.1) is 19.8 Å². The second kappa shape index (κ2) is 14.2. The first-order valence-corrected chi connectivity index (χ1v) is 11.0. The van der Waals surface area contributed by atoms with E-state index in [4.69, 9.17) is 9.73 Å². The SMILES string of the molecule is CCNC(=NCc1ccccc1CN1CCOCC1)NCCCN1CCCC1.I. The summed E-state index contributed by atoms with van der Waals surface area (Å²) in [7, 11) is 0. The number of aliphatic imine (C=N–C) groups is 1. The minimum atomic E-state index is 0. The van der Waals surface area contributed by atoms with E-state index in [1.165, 1.54) is 43.6 Å². The minimum Gasteiger partial charge on any atom is -0.379 e. The lowest BCUT2D eigenvalue weighted by Gasteiger charge is -2.27. The van der Waals surface area contributed by atoms with Crippen molar-refractivity contribution in [1.29, 1.82) is 0 Å². The van der Waals surface area contributed by atoms with Gasteiger partial charge < -0.3 is 20.3 Å². The average molecular weight is 515 g/mol. The Morgan fingerprint density at radius 1 is 1.00 bits per heavy atom. The number of halogens is 1. The summed E-state index contributed by atoms with van der Waals surface area (Å²) in [5.74, 6) is 0.921. The quantitative estimate of drug-likeness (QED) is 0.229. The molecule has 0 radical (unpaired) electrons. The van der Waals surface area contributed by atoms with Crippen molar-refractivity contribution in [3.8, 4) is 0 Å². The van der Waals surface area contributed by atoms with E-state index in [0.717, 1.165) is 58.3 Å². The molecule has 2 fully saturated rings. The van der Waals surface area contributed by atoms with E-state index in [0.29, 0.717) is 6.54 Å². The van der Waals surface area contributed by atoms with Gasteiger partial charge in [-0.05, 0) is 56.9 Å². The molecular weight excluding hydrogens is 477 g/mol. The van der Waals surface area contributed by atoms with E-state index in [2.05, 4.69) is 51.6 Å². The van der Waals surface area contributed by atoms with Crippen LogP contribution in [0.3, 0.4) is 0 Å². The van der Waals surface area contributed by atoms with Crippen molar-refractivity contribution in [3.63, 3.8) is 0 Å². The molecule has 2 saturated heterocycles. The van der Waals surface area contributed by atoms with Crippen molar-refractivity contribution in [1.82, 2.24) is 20.4 Å². The summed E-state index contributed by atoms with van der Waals surface area (Å²) >= 11 is 0. The third-order valence-corrected chi connectivity index (χ3v) is 5.51. The fourth-order valence-corrected chi connectivity index (χ4v) is 3.89. The normalized spacial score (nSPS) is 18.4. The molecule has 0 aromatic heterocycles. The van der Waals surface area contributed by atoms with E-state index in [-0.39, 0.29) is 24.0 Å². The molecule has 164 valence electrons.